The zero-order valence-corrected chi connectivity index (χ0v) is 15.8. The summed E-state index contributed by atoms with van der Waals surface area (Å²) in [5.41, 5.74) is 1.03. The molecule has 0 N–H and O–H groups in total. The lowest BCUT2D eigenvalue weighted by atomic mass is 10.2. The molecule has 0 aliphatic carbocycles. The largest absolute Gasteiger partial charge is 0.482 e. The van der Waals surface area contributed by atoms with Crippen LogP contribution in [0.5, 0.6) is 11.5 Å². The lowest BCUT2D eigenvalue weighted by molar-refractivity contribution is -0.136. The average molecular weight is 391 g/mol. The van der Waals surface area contributed by atoms with E-state index in [0.717, 1.165) is 5.56 Å². The van der Waals surface area contributed by atoms with Crippen LogP contribution in [0.3, 0.4) is 0 Å². The van der Waals surface area contributed by atoms with Crippen molar-refractivity contribution in [3.8, 4) is 11.5 Å². The molecule has 1 aliphatic rings. The van der Waals surface area contributed by atoms with E-state index in [1.54, 1.807) is 6.07 Å². The summed E-state index contributed by atoms with van der Waals surface area (Å²) >= 11 is 0. The first-order valence-electron chi connectivity index (χ1n) is 8.53. The Bertz CT molecular complexity index is 889. The highest BCUT2D eigenvalue weighted by atomic mass is 32.2. The Hall–Kier alpha value is -2.42. The molecule has 0 spiro atoms. The highest BCUT2D eigenvalue weighted by molar-refractivity contribution is 7.89. The van der Waals surface area contributed by atoms with Crippen molar-refractivity contribution in [3.63, 3.8) is 0 Å². The van der Waals surface area contributed by atoms with Crippen molar-refractivity contribution < 1.29 is 27.4 Å². The molecule has 1 heterocycles. The lowest BCUT2D eigenvalue weighted by Crippen LogP contribution is -2.40. The van der Waals surface area contributed by atoms with Crippen LogP contribution in [0.4, 0.5) is 0 Å². The Morgan fingerprint density at radius 1 is 1.07 bits per heavy atom. The number of hydrogen-bond donors (Lipinski definition) is 0. The number of benzene rings is 2. The van der Waals surface area contributed by atoms with Gasteiger partial charge in [-0.1, -0.05) is 12.1 Å². The third-order valence-electron chi connectivity index (χ3n) is 4.01. The van der Waals surface area contributed by atoms with Crippen LogP contribution < -0.4 is 9.47 Å². The molecule has 0 saturated carbocycles. The van der Waals surface area contributed by atoms with Gasteiger partial charge in [-0.15, -0.1) is 0 Å². The number of morpholine rings is 1. The number of rotatable bonds is 6. The molecule has 2 aromatic rings. The van der Waals surface area contributed by atoms with E-state index in [4.69, 9.17) is 14.2 Å². The minimum absolute atomic E-state index is 0.153. The summed E-state index contributed by atoms with van der Waals surface area (Å²) in [5, 5.41) is 0. The maximum Gasteiger partial charge on any atom is 0.349 e. The normalized spacial score (nSPS) is 15.3. The fourth-order valence-electron chi connectivity index (χ4n) is 2.62. The molecular formula is C19H21NO6S. The third kappa shape index (κ3) is 5.06. The van der Waals surface area contributed by atoms with Gasteiger partial charge in [-0.3, -0.25) is 0 Å². The van der Waals surface area contributed by atoms with Crippen LogP contribution in [0.25, 0.3) is 0 Å². The van der Waals surface area contributed by atoms with Crippen LogP contribution in [-0.4, -0.2) is 51.6 Å². The number of carbonyl (C=O) groups excluding carboxylic acids is 1. The second-order valence-corrected chi connectivity index (χ2v) is 8.01. The van der Waals surface area contributed by atoms with E-state index < -0.39 is 16.0 Å². The van der Waals surface area contributed by atoms with Gasteiger partial charge in [0.25, 0.3) is 0 Å². The van der Waals surface area contributed by atoms with E-state index in [2.05, 4.69) is 0 Å². The number of carbonyl (C=O) groups is 1. The minimum Gasteiger partial charge on any atom is -0.482 e. The molecule has 0 radical (unpaired) electrons. The van der Waals surface area contributed by atoms with Gasteiger partial charge < -0.3 is 14.2 Å². The zero-order chi connectivity index (χ0) is 19.3. The van der Waals surface area contributed by atoms with Crippen LogP contribution in [0.15, 0.2) is 53.4 Å². The first-order chi connectivity index (χ1) is 12.9. The number of esters is 1. The highest BCUT2D eigenvalue weighted by Crippen LogP contribution is 2.20. The van der Waals surface area contributed by atoms with E-state index in [0.29, 0.717) is 32.1 Å². The van der Waals surface area contributed by atoms with Crippen molar-refractivity contribution in [3.05, 3.63) is 54.1 Å². The monoisotopic (exact) mass is 391 g/mol. The van der Waals surface area contributed by atoms with Crippen molar-refractivity contribution in [2.45, 2.75) is 11.8 Å². The molecule has 27 heavy (non-hydrogen) atoms. The Labute approximate surface area is 158 Å². The maximum atomic E-state index is 12.6. The van der Waals surface area contributed by atoms with Gasteiger partial charge in [0.1, 0.15) is 11.5 Å². The Morgan fingerprint density at radius 3 is 2.44 bits per heavy atom. The van der Waals surface area contributed by atoms with Gasteiger partial charge in [-0.2, -0.15) is 4.31 Å². The first kappa shape index (κ1) is 19.3. The molecule has 0 aromatic heterocycles. The Morgan fingerprint density at radius 2 is 1.78 bits per heavy atom. The van der Waals surface area contributed by atoms with Crippen LogP contribution in [0, 0.1) is 6.92 Å². The minimum atomic E-state index is -3.57. The van der Waals surface area contributed by atoms with E-state index >= 15 is 0 Å². The fraction of sp³-hybridized carbons (Fsp3) is 0.316. The van der Waals surface area contributed by atoms with Gasteiger partial charge in [0.2, 0.25) is 10.0 Å². The molecule has 0 unspecified atom stereocenters. The topological polar surface area (TPSA) is 82.1 Å². The smallest absolute Gasteiger partial charge is 0.349 e. The van der Waals surface area contributed by atoms with Crippen molar-refractivity contribution in [2.24, 2.45) is 0 Å². The predicted molar refractivity (Wildman–Crippen MR) is 98.3 cm³/mol. The Balaban J connectivity index is 1.57. The summed E-state index contributed by atoms with van der Waals surface area (Å²) in [6, 6.07) is 13.1. The number of sulfonamides is 1. The van der Waals surface area contributed by atoms with Gasteiger partial charge in [0.15, 0.2) is 6.61 Å². The van der Waals surface area contributed by atoms with Crippen molar-refractivity contribution in [1.82, 2.24) is 4.31 Å². The van der Waals surface area contributed by atoms with Crippen molar-refractivity contribution in [1.29, 1.82) is 0 Å². The Kier molecular flexibility index (Phi) is 6.10. The summed E-state index contributed by atoms with van der Waals surface area (Å²) in [4.78, 5) is 12.1. The molecule has 3 rings (SSSR count). The fourth-order valence-corrected chi connectivity index (χ4v) is 4.03. The predicted octanol–water partition coefficient (Wildman–Crippen LogP) is 2.00. The van der Waals surface area contributed by atoms with E-state index in [1.807, 2.05) is 25.1 Å². The molecule has 1 saturated heterocycles. The summed E-state index contributed by atoms with van der Waals surface area (Å²) in [6.45, 7) is 3.12. The molecular weight excluding hydrogens is 370 g/mol. The van der Waals surface area contributed by atoms with Crippen LogP contribution in [0.2, 0.25) is 0 Å². The number of ether oxygens (including phenoxy) is 3. The van der Waals surface area contributed by atoms with Crippen LogP contribution in [0.1, 0.15) is 5.56 Å². The molecule has 1 fully saturated rings. The van der Waals surface area contributed by atoms with Gasteiger partial charge in [0.05, 0.1) is 18.1 Å². The lowest BCUT2D eigenvalue weighted by Gasteiger charge is -2.26. The van der Waals surface area contributed by atoms with Crippen molar-refractivity contribution in [2.75, 3.05) is 32.9 Å². The summed E-state index contributed by atoms with van der Waals surface area (Å²) < 4.78 is 42.2. The number of nitrogens with zero attached hydrogens (tertiary/aromatic N) is 1. The third-order valence-corrected chi connectivity index (χ3v) is 5.92. The summed E-state index contributed by atoms with van der Waals surface area (Å²) in [6.07, 6.45) is 0. The van der Waals surface area contributed by atoms with E-state index in [1.165, 1.54) is 28.6 Å². The van der Waals surface area contributed by atoms with Crippen LogP contribution >= 0.6 is 0 Å². The molecule has 8 heteroatoms. The quantitative estimate of drug-likeness (QED) is 0.553. The standard InChI is InChI=1S/C19H21NO6S/c1-15-3-2-4-17(13-15)25-14-19(21)26-16-5-7-18(8-6-16)27(22,23)20-9-11-24-12-10-20/h2-8,13H,9-12,14H2,1H3. The van der Waals surface area contributed by atoms with Gasteiger partial charge >= 0.3 is 5.97 Å². The SMILES string of the molecule is Cc1cccc(OCC(=O)Oc2ccc(S(=O)(=O)N3CCOCC3)cc2)c1. The highest BCUT2D eigenvalue weighted by Gasteiger charge is 2.26. The van der Waals surface area contributed by atoms with Crippen LogP contribution in [-0.2, 0) is 19.6 Å². The zero-order valence-electron chi connectivity index (χ0n) is 15.0. The maximum absolute atomic E-state index is 12.6. The van der Waals surface area contributed by atoms with Crippen molar-refractivity contribution >= 4 is 16.0 Å². The molecule has 0 atom stereocenters. The summed E-state index contributed by atoms with van der Waals surface area (Å²) in [5.74, 6) is 0.271. The molecule has 1 aliphatic heterocycles. The second kappa shape index (κ2) is 8.51. The first-order valence-corrected chi connectivity index (χ1v) is 9.97. The molecule has 0 amide bonds. The molecule has 7 nitrogen and oxygen atoms in total. The van der Waals surface area contributed by atoms with Gasteiger partial charge in [-0.25, -0.2) is 13.2 Å². The number of aryl methyl sites for hydroxylation is 1. The second-order valence-electron chi connectivity index (χ2n) is 6.07. The van der Waals surface area contributed by atoms with Gasteiger partial charge in [-0.05, 0) is 48.9 Å². The molecule has 2 aromatic carbocycles. The molecule has 0 bridgehead atoms. The van der Waals surface area contributed by atoms with Gasteiger partial charge in [0, 0.05) is 13.1 Å². The summed E-state index contributed by atoms with van der Waals surface area (Å²) in [7, 11) is -3.57. The average Bonchev–Trinajstić information content (AvgIpc) is 2.68. The van der Waals surface area contributed by atoms with E-state index in [-0.39, 0.29) is 17.3 Å². The van der Waals surface area contributed by atoms with E-state index in [9.17, 15) is 13.2 Å². The molecule has 144 valence electrons. The number of hydrogen-bond acceptors (Lipinski definition) is 6.